The molecule has 0 atom stereocenters. The second kappa shape index (κ2) is 8.91. The molecule has 1 amide bonds. The second-order valence-corrected chi connectivity index (χ2v) is 6.62. The third-order valence-corrected chi connectivity index (χ3v) is 4.16. The minimum absolute atomic E-state index is 0. The van der Waals surface area contributed by atoms with Crippen LogP contribution in [0.15, 0.2) is 22.8 Å². The molecule has 2 heterocycles. The highest BCUT2D eigenvalue weighted by Crippen LogP contribution is 2.20. The molecule has 2 rings (SSSR count). The molecule has 1 aromatic heterocycles. The fourth-order valence-electron chi connectivity index (χ4n) is 2.21. The lowest BCUT2D eigenvalue weighted by Gasteiger charge is -2.38. The Labute approximate surface area is 152 Å². The molecular formula is C14H23BrCl2N4O. The smallest absolute Gasteiger partial charge is 0.229 e. The maximum Gasteiger partial charge on any atom is 0.229 e. The molecule has 8 heteroatoms. The van der Waals surface area contributed by atoms with Gasteiger partial charge in [0.25, 0.3) is 0 Å². The van der Waals surface area contributed by atoms with E-state index in [9.17, 15) is 4.79 Å². The number of nitrogens with two attached hydrogens (primary N) is 1. The first-order valence-electron chi connectivity index (χ1n) is 6.80. The highest BCUT2D eigenvalue weighted by atomic mass is 79.9. The Morgan fingerprint density at radius 3 is 2.32 bits per heavy atom. The predicted molar refractivity (Wildman–Crippen MR) is 98.1 cm³/mol. The van der Waals surface area contributed by atoms with Gasteiger partial charge in [0.1, 0.15) is 5.82 Å². The molecule has 2 N–H and O–H groups in total. The molecular weight excluding hydrogens is 391 g/mol. The van der Waals surface area contributed by atoms with Crippen molar-refractivity contribution in [2.24, 2.45) is 11.1 Å². The Hall–Kier alpha value is -0.560. The van der Waals surface area contributed by atoms with E-state index >= 15 is 0 Å². The molecule has 126 valence electrons. The number of hydrogen-bond donors (Lipinski definition) is 1. The zero-order chi connectivity index (χ0) is 14.8. The average Bonchev–Trinajstić information content (AvgIpc) is 2.47. The number of nitrogens with zero attached hydrogens (tertiary/aromatic N) is 3. The van der Waals surface area contributed by atoms with Crippen LogP contribution >= 0.6 is 40.7 Å². The van der Waals surface area contributed by atoms with Crippen molar-refractivity contribution in [2.45, 2.75) is 13.8 Å². The molecule has 1 aromatic rings. The van der Waals surface area contributed by atoms with Crippen molar-refractivity contribution in [2.75, 3.05) is 37.6 Å². The normalized spacial score (nSPS) is 14.9. The molecule has 0 spiro atoms. The standard InChI is InChI=1S/C14H21BrN4O.2ClH/c1-14(2,10-16)13(20)19-7-5-18(6-8-19)12-4-3-11(15)9-17-12;;/h3-4,9H,5-8,10,16H2,1-2H3;2*1H. The molecule has 0 aliphatic carbocycles. The summed E-state index contributed by atoms with van der Waals surface area (Å²) in [5.74, 6) is 1.10. The van der Waals surface area contributed by atoms with Gasteiger partial charge in [-0.2, -0.15) is 0 Å². The van der Waals surface area contributed by atoms with E-state index in [-0.39, 0.29) is 30.7 Å². The zero-order valence-electron chi connectivity index (χ0n) is 12.8. The van der Waals surface area contributed by atoms with Crippen molar-refractivity contribution in [3.63, 3.8) is 0 Å². The third kappa shape index (κ3) is 4.98. The molecule has 1 aliphatic rings. The number of carbonyl (C=O) groups excluding carboxylic acids is 1. The lowest BCUT2D eigenvalue weighted by Crippen LogP contribution is -2.53. The molecule has 1 fully saturated rings. The Kier molecular flexibility index (Phi) is 8.69. The lowest BCUT2D eigenvalue weighted by atomic mass is 9.91. The van der Waals surface area contributed by atoms with Gasteiger partial charge in [-0.15, -0.1) is 24.8 Å². The van der Waals surface area contributed by atoms with Gasteiger partial charge in [0.2, 0.25) is 5.91 Å². The number of piperazine rings is 1. The largest absolute Gasteiger partial charge is 0.353 e. The van der Waals surface area contributed by atoms with E-state index in [1.54, 1.807) is 6.20 Å². The van der Waals surface area contributed by atoms with Gasteiger partial charge in [-0.1, -0.05) is 0 Å². The molecule has 0 saturated carbocycles. The van der Waals surface area contributed by atoms with E-state index in [2.05, 4.69) is 25.8 Å². The summed E-state index contributed by atoms with van der Waals surface area (Å²) < 4.78 is 0.972. The predicted octanol–water partition coefficient (Wildman–Crippen LogP) is 2.32. The van der Waals surface area contributed by atoms with Crippen molar-refractivity contribution < 1.29 is 4.79 Å². The summed E-state index contributed by atoms with van der Waals surface area (Å²) in [6.07, 6.45) is 1.80. The van der Waals surface area contributed by atoms with Crippen LogP contribution < -0.4 is 10.6 Å². The summed E-state index contributed by atoms with van der Waals surface area (Å²) in [6, 6.07) is 3.97. The minimum atomic E-state index is -0.474. The molecule has 5 nitrogen and oxygen atoms in total. The van der Waals surface area contributed by atoms with E-state index < -0.39 is 5.41 Å². The number of carbonyl (C=O) groups is 1. The Balaban J connectivity index is 0.00000220. The molecule has 0 aromatic carbocycles. The van der Waals surface area contributed by atoms with E-state index in [1.807, 2.05) is 30.9 Å². The summed E-state index contributed by atoms with van der Waals surface area (Å²) in [7, 11) is 0. The van der Waals surface area contributed by atoms with Crippen molar-refractivity contribution >= 4 is 52.5 Å². The molecule has 22 heavy (non-hydrogen) atoms. The number of halogens is 3. The van der Waals surface area contributed by atoms with Crippen molar-refractivity contribution in [1.82, 2.24) is 9.88 Å². The van der Waals surface area contributed by atoms with E-state index in [0.29, 0.717) is 6.54 Å². The minimum Gasteiger partial charge on any atom is -0.353 e. The van der Waals surface area contributed by atoms with Gasteiger partial charge in [-0.25, -0.2) is 4.98 Å². The molecule has 0 bridgehead atoms. The Morgan fingerprint density at radius 2 is 1.86 bits per heavy atom. The monoisotopic (exact) mass is 412 g/mol. The third-order valence-electron chi connectivity index (χ3n) is 3.69. The van der Waals surface area contributed by atoms with Gasteiger partial charge < -0.3 is 15.5 Å². The summed E-state index contributed by atoms with van der Waals surface area (Å²) in [5.41, 5.74) is 5.20. The van der Waals surface area contributed by atoms with Crippen LogP contribution in [0.2, 0.25) is 0 Å². The van der Waals surface area contributed by atoms with Gasteiger partial charge >= 0.3 is 0 Å². The van der Waals surface area contributed by atoms with Gasteiger partial charge in [0, 0.05) is 43.4 Å². The van der Waals surface area contributed by atoms with Gasteiger partial charge in [-0.05, 0) is 41.9 Å². The summed E-state index contributed by atoms with van der Waals surface area (Å²) in [4.78, 5) is 20.8. The molecule has 0 unspecified atom stereocenters. The van der Waals surface area contributed by atoms with Crippen molar-refractivity contribution in [1.29, 1.82) is 0 Å². The van der Waals surface area contributed by atoms with E-state index in [0.717, 1.165) is 36.5 Å². The van der Waals surface area contributed by atoms with Crippen LogP contribution in [0, 0.1) is 5.41 Å². The number of rotatable bonds is 3. The maximum absolute atomic E-state index is 12.3. The Morgan fingerprint density at radius 1 is 1.27 bits per heavy atom. The SMILES string of the molecule is CC(C)(CN)C(=O)N1CCN(c2ccc(Br)cn2)CC1.Cl.Cl. The second-order valence-electron chi connectivity index (χ2n) is 5.70. The van der Waals surface area contributed by atoms with Crippen molar-refractivity contribution in [3.8, 4) is 0 Å². The number of aromatic nitrogens is 1. The number of anilines is 1. The fourth-order valence-corrected chi connectivity index (χ4v) is 2.44. The zero-order valence-corrected chi connectivity index (χ0v) is 16.0. The topological polar surface area (TPSA) is 62.5 Å². The molecule has 1 saturated heterocycles. The van der Waals surface area contributed by atoms with E-state index in [4.69, 9.17) is 5.73 Å². The average molecular weight is 414 g/mol. The van der Waals surface area contributed by atoms with Crippen LogP contribution in [-0.2, 0) is 4.79 Å². The quantitative estimate of drug-likeness (QED) is 0.825. The van der Waals surface area contributed by atoms with Crippen LogP contribution in [-0.4, -0.2) is 48.5 Å². The summed E-state index contributed by atoms with van der Waals surface area (Å²) in [5, 5.41) is 0. The van der Waals surface area contributed by atoms with Gasteiger partial charge in [-0.3, -0.25) is 4.79 Å². The van der Waals surface area contributed by atoms with Crippen LogP contribution in [0.4, 0.5) is 5.82 Å². The van der Waals surface area contributed by atoms with Gasteiger partial charge in [0.15, 0.2) is 0 Å². The Bertz CT molecular complexity index is 476. The summed E-state index contributed by atoms with van der Waals surface area (Å²) in [6.45, 7) is 7.23. The highest BCUT2D eigenvalue weighted by molar-refractivity contribution is 9.10. The first-order valence-corrected chi connectivity index (χ1v) is 7.59. The molecule has 1 aliphatic heterocycles. The van der Waals surface area contributed by atoms with Gasteiger partial charge in [0.05, 0.1) is 5.41 Å². The fraction of sp³-hybridized carbons (Fsp3) is 0.571. The number of hydrogen-bond acceptors (Lipinski definition) is 4. The summed E-state index contributed by atoms with van der Waals surface area (Å²) >= 11 is 3.38. The number of pyridine rings is 1. The maximum atomic E-state index is 12.3. The first-order chi connectivity index (χ1) is 9.44. The van der Waals surface area contributed by atoms with Crippen LogP contribution in [0.25, 0.3) is 0 Å². The van der Waals surface area contributed by atoms with Crippen molar-refractivity contribution in [3.05, 3.63) is 22.8 Å². The first kappa shape index (κ1) is 21.4. The number of amides is 1. The lowest BCUT2D eigenvalue weighted by molar-refractivity contribution is -0.140. The van der Waals surface area contributed by atoms with Crippen LogP contribution in [0.5, 0.6) is 0 Å². The van der Waals surface area contributed by atoms with Crippen LogP contribution in [0.1, 0.15) is 13.8 Å². The van der Waals surface area contributed by atoms with E-state index in [1.165, 1.54) is 0 Å². The molecule has 0 radical (unpaired) electrons. The highest BCUT2D eigenvalue weighted by Gasteiger charge is 2.32. The van der Waals surface area contributed by atoms with Crippen LogP contribution in [0.3, 0.4) is 0 Å².